The lowest BCUT2D eigenvalue weighted by Crippen LogP contribution is -2.45. The smallest absolute Gasteiger partial charge is 0.123 e. The normalized spacial score (nSPS) is 35.5. The highest BCUT2D eigenvalue weighted by molar-refractivity contribution is 5.24. The van der Waals surface area contributed by atoms with Gasteiger partial charge in [-0.15, -0.1) is 0 Å². The molecule has 104 valence electrons. The Bertz CT molecular complexity index is 417. The first-order valence-corrected chi connectivity index (χ1v) is 7.66. The van der Waals surface area contributed by atoms with Crippen LogP contribution in [-0.2, 0) is 0 Å². The van der Waals surface area contributed by atoms with E-state index in [0.29, 0.717) is 11.3 Å². The second-order valence-corrected chi connectivity index (χ2v) is 6.60. The molecule has 1 aliphatic heterocycles. The van der Waals surface area contributed by atoms with E-state index in [1.165, 1.54) is 37.7 Å². The topological polar surface area (TPSA) is 12.0 Å². The van der Waals surface area contributed by atoms with E-state index in [1.54, 1.807) is 12.1 Å². The molecule has 1 aromatic carbocycles. The number of halogens is 1. The van der Waals surface area contributed by atoms with Crippen molar-refractivity contribution in [2.24, 2.45) is 11.3 Å². The molecule has 1 saturated heterocycles. The molecule has 2 fully saturated rings. The van der Waals surface area contributed by atoms with Gasteiger partial charge >= 0.3 is 0 Å². The van der Waals surface area contributed by atoms with Crippen molar-refractivity contribution in [3.8, 4) is 0 Å². The van der Waals surface area contributed by atoms with Gasteiger partial charge in [0.05, 0.1) is 0 Å². The number of hydrogen-bond donors (Lipinski definition) is 1. The lowest BCUT2D eigenvalue weighted by Gasteiger charge is -2.48. The van der Waals surface area contributed by atoms with E-state index in [4.69, 9.17) is 0 Å². The van der Waals surface area contributed by atoms with Gasteiger partial charge in [0.1, 0.15) is 5.82 Å². The van der Waals surface area contributed by atoms with Gasteiger partial charge in [0.25, 0.3) is 0 Å². The molecule has 1 aliphatic carbocycles. The highest BCUT2D eigenvalue weighted by Crippen LogP contribution is 2.51. The highest BCUT2D eigenvalue weighted by Gasteiger charge is 2.43. The van der Waals surface area contributed by atoms with Crippen LogP contribution in [0.3, 0.4) is 0 Å². The second kappa shape index (κ2) is 5.24. The molecule has 1 nitrogen and oxygen atoms in total. The van der Waals surface area contributed by atoms with Crippen molar-refractivity contribution >= 4 is 0 Å². The largest absolute Gasteiger partial charge is 0.316 e. The predicted octanol–water partition coefficient (Wildman–Crippen LogP) is 4.10. The summed E-state index contributed by atoms with van der Waals surface area (Å²) in [6.45, 7) is 4.58. The van der Waals surface area contributed by atoms with Crippen LogP contribution in [0.25, 0.3) is 0 Å². The molecule has 0 aromatic heterocycles. The monoisotopic (exact) mass is 261 g/mol. The summed E-state index contributed by atoms with van der Waals surface area (Å²) < 4.78 is 13.1. The maximum Gasteiger partial charge on any atom is 0.123 e. The second-order valence-electron chi connectivity index (χ2n) is 6.60. The molecule has 1 atom stereocenters. The van der Waals surface area contributed by atoms with E-state index in [0.717, 1.165) is 19.0 Å². The fourth-order valence-electron chi connectivity index (χ4n) is 4.08. The first-order valence-electron chi connectivity index (χ1n) is 7.66. The van der Waals surface area contributed by atoms with Crippen molar-refractivity contribution in [1.82, 2.24) is 5.32 Å². The first-order chi connectivity index (χ1) is 9.20. The Morgan fingerprint density at radius 2 is 1.79 bits per heavy atom. The van der Waals surface area contributed by atoms with Gasteiger partial charge in [0, 0.05) is 12.5 Å². The standard InChI is InChI=1S/C17H24FN/c1-13-6-8-17(9-7-13)10-11-19-12-16(17)14-2-4-15(18)5-3-14/h2-5,13,16,19H,6-12H2,1H3. The lowest BCUT2D eigenvalue weighted by molar-refractivity contribution is 0.0833. The average molecular weight is 261 g/mol. The molecule has 0 amide bonds. The Hall–Kier alpha value is -0.890. The third kappa shape index (κ3) is 2.55. The summed E-state index contributed by atoms with van der Waals surface area (Å²) in [5, 5.41) is 3.54. The molecular formula is C17H24FN. The van der Waals surface area contributed by atoms with Crippen LogP contribution in [0.5, 0.6) is 0 Å². The molecule has 1 unspecified atom stereocenters. The van der Waals surface area contributed by atoms with Gasteiger partial charge in [-0.05, 0) is 54.8 Å². The van der Waals surface area contributed by atoms with Crippen molar-refractivity contribution in [2.45, 2.75) is 44.9 Å². The van der Waals surface area contributed by atoms with E-state index < -0.39 is 0 Å². The van der Waals surface area contributed by atoms with Crippen LogP contribution in [0.4, 0.5) is 4.39 Å². The third-order valence-corrected chi connectivity index (χ3v) is 5.43. The molecule has 1 heterocycles. The maximum absolute atomic E-state index is 13.1. The number of piperidine rings is 1. The Balaban J connectivity index is 1.86. The summed E-state index contributed by atoms with van der Waals surface area (Å²) in [5.41, 5.74) is 1.79. The molecule has 0 bridgehead atoms. The summed E-state index contributed by atoms with van der Waals surface area (Å²) in [5.74, 6) is 1.32. The van der Waals surface area contributed by atoms with Gasteiger partial charge in [-0.2, -0.15) is 0 Å². The molecule has 2 aliphatic rings. The summed E-state index contributed by atoms with van der Waals surface area (Å²) in [6.07, 6.45) is 6.69. The van der Waals surface area contributed by atoms with Crippen LogP contribution in [0.2, 0.25) is 0 Å². The fraction of sp³-hybridized carbons (Fsp3) is 0.647. The van der Waals surface area contributed by atoms with E-state index in [2.05, 4.69) is 12.2 Å². The summed E-state index contributed by atoms with van der Waals surface area (Å²) >= 11 is 0. The first kappa shape index (κ1) is 13.1. The SMILES string of the molecule is CC1CCC2(CCNCC2c2ccc(F)cc2)CC1. The van der Waals surface area contributed by atoms with Crippen molar-refractivity contribution < 1.29 is 4.39 Å². The number of benzene rings is 1. The van der Waals surface area contributed by atoms with Gasteiger partial charge in [-0.1, -0.05) is 31.9 Å². The van der Waals surface area contributed by atoms with Crippen molar-refractivity contribution in [2.75, 3.05) is 13.1 Å². The molecule has 0 radical (unpaired) electrons. The van der Waals surface area contributed by atoms with Crippen molar-refractivity contribution in [3.05, 3.63) is 35.6 Å². The number of rotatable bonds is 1. The Morgan fingerprint density at radius 3 is 2.47 bits per heavy atom. The Kier molecular flexibility index (Phi) is 3.62. The predicted molar refractivity (Wildman–Crippen MR) is 76.7 cm³/mol. The lowest BCUT2D eigenvalue weighted by atomic mass is 9.59. The highest BCUT2D eigenvalue weighted by atomic mass is 19.1. The van der Waals surface area contributed by atoms with Crippen molar-refractivity contribution in [3.63, 3.8) is 0 Å². The molecule has 19 heavy (non-hydrogen) atoms. The van der Waals surface area contributed by atoms with Gasteiger partial charge < -0.3 is 5.32 Å². The minimum absolute atomic E-state index is 0.126. The van der Waals surface area contributed by atoms with Crippen LogP contribution in [0, 0.1) is 17.2 Å². The molecule has 1 N–H and O–H groups in total. The molecule has 3 rings (SSSR count). The Morgan fingerprint density at radius 1 is 1.11 bits per heavy atom. The molecule has 1 saturated carbocycles. The minimum atomic E-state index is -0.126. The van der Waals surface area contributed by atoms with E-state index in [-0.39, 0.29) is 5.82 Å². The molecule has 2 heteroatoms. The van der Waals surface area contributed by atoms with Gasteiger partial charge in [-0.25, -0.2) is 4.39 Å². The van der Waals surface area contributed by atoms with E-state index >= 15 is 0 Å². The van der Waals surface area contributed by atoms with Gasteiger partial charge in [-0.3, -0.25) is 0 Å². The minimum Gasteiger partial charge on any atom is -0.316 e. The van der Waals surface area contributed by atoms with Crippen LogP contribution in [0.1, 0.15) is 50.5 Å². The van der Waals surface area contributed by atoms with E-state index in [1.807, 2.05) is 12.1 Å². The molecule has 1 spiro atoms. The van der Waals surface area contributed by atoms with Crippen LogP contribution >= 0.6 is 0 Å². The fourth-order valence-corrected chi connectivity index (χ4v) is 4.08. The van der Waals surface area contributed by atoms with Gasteiger partial charge in [0.15, 0.2) is 0 Å². The van der Waals surface area contributed by atoms with Crippen LogP contribution in [-0.4, -0.2) is 13.1 Å². The summed E-state index contributed by atoms with van der Waals surface area (Å²) in [7, 11) is 0. The maximum atomic E-state index is 13.1. The van der Waals surface area contributed by atoms with E-state index in [9.17, 15) is 4.39 Å². The zero-order chi connectivity index (χ0) is 13.3. The zero-order valence-corrected chi connectivity index (χ0v) is 11.8. The summed E-state index contributed by atoms with van der Waals surface area (Å²) in [6, 6.07) is 7.21. The average Bonchev–Trinajstić information content (AvgIpc) is 2.44. The van der Waals surface area contributed by atoms with Crippen LogP contribution in [0.15, 0.2) is 24.3 Å². The van der Waals surface area contributed by atoms with Crippen molar-refractivity contribution in [1.29, 1.82) is 0 Å². The third-order valence-electron chi connectivity index (χ3n) is 5.43. The Labute approximate surface area is 115 Å². The quantitative estimate of drug-likeness (QED) is 0.802. The molecule has 1 aromatic rings. The summed E-state index contributed by atoms with van der Waals surface area (Å²) in [4.78, 5) is 0. The zero-order valence-electron chi connectivity index (χ0n) is 11.8. The molecular weight excluding hydrogens is 237 g/mol. The number of nitrogens with one attached hydrogen (secondary N) is 1. The van der Waals surface area contributed by atoms with Crippen LogP contribution < -0.4 is 5.32 Å². The number of hydrogen-bond acceptors (Lipinski definition) is 1. The van der Waals surface area contributed by atoms with Gasteiger partial charge in [0.2, 0.25) is 0 Å².